The van der Waals surface area contributed by atoms with Gasteiger partial charge in [-0.25, -0.2) is 13.8 Å². The maximum atomic E-state index is 15.0. The Morgan fingerprint density at radius 1 is 1.12 bits per heavy atom. The molecule has 1 atom stereocenters. The number of nitrogens with zero attached hydrogens (tertiary/aromatic N) is 3. The van der Waals surface area contributed by atoms with Crippen LogP contribution in [0.5, 0.6) is 11.5 Å². The normalized spacial score (nSPS) is 11.7. The molecule has 1 unspecified atom stereocenters. The van der Waals surface area contributed by atoms with Gasteiger partial charge in [0.1, 0.15) is 5.65 Å². The van der Waals surface area contributed by atoms with E-state index >= 15 is 0 Å². The van der Waals surface area contributed by atoms with Crippen LogP contribution in [0.1, 0.15) is 22.5 Å². The van der Waals surface area contributed by atoms with Crippen molar-refractivity contribution in [3.63, 3.8) is 0 Å². The summed E-state index contributed by atoms with van der Waals surface area (Å²) in [5.41, 5.74) is 4.96. The second kappa shape index (κ2) is 10.5. The van der Waals surface area contributed by atoms with Gasteiger partial charge in [0.2, 0.25) is 0 Å². The molecule has 1 N–H and O–H groups in total. The lowest BCUT2D eigenvalue weighted by Crippen LogP contribution is -2.06. The van der Waals surface area contributed by atoms with Crippen molar-refractivity contribution >= 4 is 39.5 Å². The summed E-state index contributed by atoms with van der Waals surface area (Å²) >= 11 is 2.19. The summed E-state index contributed by atoms with van der Waals surface area (Å²) in [5, 5.41) is 5.43. The predicted molar refractivity (Wildman–Crippen MR) is 137 cm³/mol. The highest BCUT2D eigenvalue weighted by atomic mass is 127. The Morgan fingerprint density at radius 3 is 2.47 bits per heavy atom. The molecule has 0 bridgehead atoms. The fourth-order valence-electron chi connectivity index (χ4n) is 4.13. The van der Waals surface area contributed by atoms with Crippen molar-refractivity contribution in [3.05, 3.63) is 58.7 Å². The topological polar surface area (TPSA) is 74.2 Å². The van der Waals surface area contributed by atoms with E-state index < -0.39 is 11.6 Å². The first kappa shape index (κ1) is 24.8. The van der Waals surface area contributed by atoms with Gasteiger partial charge in [0, 0.05) is 52.7 Å². The number of fused-ring (bicyclic) bond motifs is 1. The number of hydrogen-bond acceptors (Lipinski definition) is 5. The third-order valence-corrected chi connectivity index (χ3v) is 7.03. The summed E-state index contributed by atoms with van der Waals surface area (Å²) in [5.74, 6) is -1.64. The van der Waals surface area contributed by atoms with Crippen LogP contribution in [0.15, 0.2) is 24.5 Å². The van der Waals surface area contributed by atoms with E-state index in [2.05, 4.69) is 37.1 Å². The molecule has 180 valence electrons. The summed E-state index contributed by atoms with van der Waals surface area (Å²) < 4.78 is 47.5. The molecule has 4 aromatic rings. The first-order chi connectivity index (χ1) is 16.4. The average Bonchev–Trinajstić information content (AvgIpc) is 3.36. The molecule has 0 saturated carbocycles. The number of aromatic nitrogens is 4. The van der Waals surface area contributed by atoms with Gasteiger partial charge in [-0.3, -0.25) is 4.68 Å². The molecule has 34 heavy (non-hydrogen) atoms. The third kappa shape index (κ3) is 4.63. The van der Waals surface area contributed by atoms with Crippen LogP contribution < -0.4 is 9.47 Å². The van der Waals surface area contributed by atoms with Crippen LogP contribution in [0.4, 0.5) is 8.78 Å². The largest absolute Gasteiger partial charge is 0.494 e. The van der Waals surface area contributed by atoms with E-state index in [9.17, 15) is 8.78 Å². The molecular formula is C23H24F2IN4O3P. The van der Waals surface area contributed by atoms with Gasteiger partial charge < -0.3 is 19.0 Å². The minimum absolute atomic E-state index is 0.00199. The van der Waals surface area contributed by atoms with Crippen molar-refractivity contribution in [2.75, 3.05) is 20.8 Å². The minimum atomic E-state index is -0.749. The molecule has 0 fully saturated rings. The number of ether oxygens (including phenoxy) is 2. The monoisotopic (exact) mass is 600 g/mol. The van der Waals surface area contributed by atoms with Crippen molar-refractivity contribution in [3.8, 4) is 22.6 Å². The van der Waals surface area contributed by atoms with E-state index in [4.69, 9.17) is 14.0 Å². The molecule has 11 heteroatoms. The van der Waals surface area contributed by atoms with E-state index in [1.54, 1.807) is 12.4 Å². The third-order valence-electron chi connectivity index (χ3n) is 5.78. The van der Waals surface area contributed by atoms with Crippen LogP contribution in [0, 0.1) is 25.5 Å². The Kier molecular flexibility index (Phi) is 7.69. The lowest BCUT2D eigenvalue weighted by molar-refractivity contribution is 0.333. The molecule has 3 aromatic heterocycles. The first-order valence-electron chi connectivity index (χ1n) is 10.5. The van der Waals surface area contributed by atoms with Crippen LogP contribution in [0.25, 0.3) is 22.2 Å². The lowest BCUT2D eigenvalue weighted by Gasteiger charge is -2.12. The number of halogens is 3. The Morgan fingerprint density at radius 2 is 1.82 bits per heavy atom. The van der Waals surface area contributed by atoms with Gasteiger partial charge in [0.15, 0.2) is 23.1 Å². The highest BCUT2D eigenvalue weighted by Crippen LogP contribution is 2.35. The Hall–Kier alpha value is -2.30. The molecule has 1 aromatic carbocycles. The number of aromatic amines is 1. The molecule has 0 radical (unpaired) electrons. The van der Waals surface area contributed by atoms with E-state index in [1.165, 1.54) is 20.3 Å². The van der Waals surface area contributed by atoms with Crippen molar-refractivity contribution in [1.82, 2.24) is 19.7 Å². The maximum absolute atomic E-state index is 15.0. The Bertz CT molecular complexity index is 1310. The summed E-state index contributed by atoms with van der Waals surface area (Å²) in [6, 6.07) is 3.18. The molecule has 0 aliphatic rings. The second-order valence-corrected chi connectivity index (χ2v) is 9.46. The molecule has 4 rings (SSSR count). The molecule has 0 aliphatic heterocycles. The molecular weight excluding hydrogens is 576 g/mol. The number of pyridine rings is 1. The fourth-order valence-corrected chi connectivity index (χ4v) is 4.96. The molecule has 0 saturated heterocycles. The van der Waals surface area contributed by atoms with E-state index in [-0.39, 0.29) is 23.5 Å². The van der Waals surface area contributed by atoms with Crippen LogP contribution >= 0.6 is 28.5 Å². The predicted octanol–water partition coefficient (Wildman–Crippen LogP) is 5.89. The molecule has 0 spiro atoms. The quantitative estimate of drug-likeness (QED) is 0.147. The van der Waals surface area contributed by atoms with E-state index in [0.29, 0.717) is 30.8 Å². The fraction of sp³-hybridized carbons (Fsp3) is 0.304. The number of aryl methyl sites for hydroxylation is 1. The van der Waals surface area contributed by atoms with Gasteiger partial charge >= 0.3 is 0 Å². The van der Waals surface area contributed by atoms with Crippen molar-refractivity contribution < 1.29 is 22.8 Å². The summed E-state index contributed by atoms with van der Waals surface area (Å²) in [6.45, 7) is 5.61. The molecule has 7 nitrogen and oxygen atoms in total. The Balaban J connectivity index is 1.75. The zero-order valence-electron chi connectivity index (χ0n) is 19.1. The highest BCUT2D eigenvalue weighted by Gasteiger charge is 2.22. The average molecular weight is 600 g/mol. The van der Waals surface area contributed by atoms with E-state index in [0.717, 1.165) is 27.9 Å². The van der Waals surface area contributed by atoms with Gasteiger partial charge in [0.05, 0.1) is 39.5 Å². The SMILES string of the molecule is COc1cc(OC)c(F)c(Cc2c[nH]c3ncc(-c4c(C)nn(CCOPI)c4C)cc23)c1F. The first-order valence-corrected chi connectivity index (χ1v) is 14.5. The summed E-state index contributed by atoms with van der Waals surface area (Å²) in [6.07, 6.45) is 3.50. The highest BCUT2D eigenvalue weighted by molar-refractivity contribution is 14.2. The summed E-state index contributed by atoms with van der Waals surface area (Å²) in [4.78, 5) is 7.64. The smallest absolute Gasteiger partial charge is 0.171 e. The van der Waals surface area contributed by atoms with Crippen molar-refractivity contribution in [2.45, 2.75) is 26.8 Å². The number of methoxy groups -OCH3 is 2. The maximum Gasteiger partial charge on any atom is 0.171 e. The number of H-pyrrole nitrogens is 1. The Labute approximate surface area is 210 Å². The van der Waals surface area contributed by atoms with Gasteiger partial charge in [-0.2, -0.15) is 5.10 Å². The standard InChI is InChI=1S/C23H24F2IN4O3P/c1-12-20(13(2)30(29-12)5-6-33-34-26)15-8-16-14(10-27-23(16)28-11-15)7-17-21(24)18(31-3)9-19(32-4)22(17)25/h8-11,34H,5-7H2,1-4H3,(H,27,28). The van der Waals surface area contributed by atoms with Crippen molar-refractivity contribution in [1.29, 1.82) is 0 Å². The molecule has 0 aliphatic carbocycles. The minimum Gasteiger partial charge on any atom is -0.494 e. The number of hydrogen-bond donors (Lipinski definition) is 1. The van der Waals surface area contributed by atoms with Crippen LogP contribution in [0.2, 0.25) is 0 Å². The summed E-state index contributed by atoms with van der Waals surface area (Å²) in [7, 11) is 2.67. The van der Waals surface area contributed by atoms with Crippen LogP contribution in [-0.4, -0.2) is 40.6 Å². The van der Waals surface area contributed by atoms with Gasteiger partial charge in [-0.1, -0.05) is 0 Å². The molecule has 0 amide bonds. The zero-order chi connectivity index (χ0) is 24.4. The van der Waals surface area contributed by atoms with Crippen LogP contribution in [-0.2, 0) is 17.5 Å². The number of nitrogens with one attached hydrogen (secondary N) is 1. The molecule has 3 heterocycles. The van der Waals surface area contributed by atoms with Gasteiger partial charge in [-0.15, -0.1) is 0 Å². The van der Waals surface area contributed by atoms with E-state index in [1.807, 2.05) is 24.6 Å². The van der Waals surface area contributed by atoms with Crippen LogP contribution in [0.3, 0.4) is 0 Å². The van der Waals surface area contributed by atoms with Gasteiger partial charge in [-0.05, 0) is 47.5 Å². The number of rotatable bonds is 9. The second-order valence-electron chi connectivity index (χ2n) is 7.69. The van der Waals surface area contributed by atoms with Crippen molar-refractivity contribution in [2.24, 2.45) is 0 Å². The number of benzene rings is 1. The zero-order valence-corrected chi connectivity index (χ0v) is 22.3. The lowest BCUT2D eigenvalue weighted by atomic mass is 10.00. The van der Waals surface area contributed by atoms with Gasteiger partial charge in [0.25, 0.3) is 0 Å².